The minimum Gasteiger partial charge on any atom is -0.298 e. The quantitative estimate of drug-likeness (QED) is 0.460. The minimum absolute atomic E-state index is 0.0236. The SMILES string of the molecule is CCN(CC)S(=O)(=O)c1ccc(C(=O)NNc2ccc(S(=O)(=O)NC3CC3)cc2)cc1. The van der Waals surface area contributed by atoms with Gasteiger partial charge in [-0.05, 0) is 61.4 Å². The van der Waals surface area contributed by atoms with Gasteiger partial charge < -0.3 is 0 Å². The molecule has 1 aliphatic rings. The molecule has 9 nitrogen and oxygen atoms in total. The largest absolute Gasteiger partial charge is 0.298 e. The van der Waals surface area contributed by atoms with Crippen molar-refractivity contribution in [2.45, 2.75) is 42.5 Å². The molecule has 0 aromatic heterocycles. The number of anilines is 1. The lowest BCUT2D eigenvalue weighted by molar-refractivity contribution is 0.0962. The third kappa shape index (κ3) is 5.62. The Labute approximate surface area is 182 Å². The molecule has 0 spiro atoms. The maximum Gasteiger partial charge on any atom is 0.269 e. The zero-order valence-corrected chi connectivity index (χ0v) is 19.0. The Kier molecular flexibility index (Phi) is 6.99. The summed E-state index contributed by atoms with van der Waals surface area (Å²) in [5.41, 5.74) is 6.00. The van der Waals surface area contributed by atoms with Gasteiger partial charge in [-0.1, -0.05) is 13.8 Å². The van der Waals surface area contributed by atoms with Crippen LogP contribution in [0, 0.1) is 0 Å². The molecule has 0 bridgehead atoms. The van der Waals surface area contributed by atoms with Gasteiger partial charge in [0.15, 0.2) is 0 Å². The molecule has 31 heavy (non-hydrogen) atoms. The fraction of sp³-hybridized carbons (Fsp3) is 0.350. The van der Waals surface area contributed by atoms with Gasteiger partial charge in [0.1, 0.15) is 0 Å². The van der Waals surface area contributed by atoms with Gasteiger partial charge >= 0.3 is 0 Å². The molecular formula is C20H26N4O5S2. The lowest BCUT2D eigenvalue weighted by atomic mass is 10.2. The number of benzene rings is 2. The highest BCUT2D eigenvalue weighted by atomic mass is 32.2. The highest BCUT2D eigenvalue weighted by Crippen LogP contribution is 2.22. The smallest absolute Gasteiger partial charge is 0.269 e. The number of nitrogens with one attached hydrogen (secondary N) is 3. The van der Waals surface area contributed by atoms with Crippen LogP contribution in [-0.2, 0) is 20.0 Å². The Bertz CT molecular complexity index is 1120. The lowest BCUT2D eigenvalue weighted by Gasteiger charge is -2.18. The van der Waals surface area contributed by atoms with Gasteiger partial charge in [0.2, 0.25) is 20.0 Å². The summed E-state index contributed by atoms with van der Waals surface area (Å²) in [6, 6.07) is 11.7. The molecule has 1 saturated carbocycles. The molecule has 0 radical (unpaired) electrons. The van der Waals surface area contributed by atoms with E-state index in [0.717, 1.165) is 12.8 Å². The van der Waals surface area contributed by atoms with Crippen LogP contribution in [0.5, 0.6) is 0 Å². The third-order valence-corrected chi connectivity index (χ3v) is 8.44. The zero-order valence-electron chi connectivity index (χ0n) is 17.3. The van der Waals surface area contributed by atoms with Crippen LogP contribution < -0.4 is 15.6 Å². The predicted octanol–water partition coefficient (Wildman–Crippen LogP) is 1.91. The topological polar surface area (TPSA) is 125 Å². The average Bonchev–Trinajstić information content (AvgIpc) is 3.56. The van der Waals surface area contributed by atoms with Crippen LogP contribution in [0.25, 0.3) is 0 Å². The zero-order chi connectivity index (χ0) is 22.6. The van der Waals surface area contributed by atoms with Crippen LogP contribution in [0.15, 0.2) is 58.3 Å². The van der Waals surface area contributed by atoms with Gasteiger partial charge in [0.05, 0.1) is 15.5 Å². The van der Waals surface area contributed by atoms with Gasteiger partial charge in [-0.15, -0.1) is 0 Å². The number of rotatable bonds is 10. The van der Waals surface area contributed by atoms with Crippen molar-refractivity contribution in [1.29, 1.82) is 0 Å². The van der Waals surface area contributed by atoms with Crippen molar-refractivity contribution in [3.8, 4) is 0 Å². The number of carbonyl (C=O) groups excluding carboxylic acids is 1. The Balaban J connectivity index is 1.60. The van der Waals surface area contributed by atoms with Gasteiger partial charge in [-0.2, -0.15) is 4.31 Å². The van der Waals surface area contributed by atoms with Gasteiger partial charge in [-0.3, -0.25) is 15.6 Å². The highest BCUT2D eigenvalue weighted by molar-refractivity contribution is 7.89. The first kappa shape index (κ1) is 23.2. The van der Waals surface area contributed by atoms with Gasteiger partial charge in [-0.25, -0.2) is 21.6 Å². The van der Waals surface area contributed by atoms with E-state index in [9.17, 15) is 21.6 Å². The fourth-order valence-electron chi connectivity index (χ4n) is 2.90. The Morgan fingerprint density at radius 2 is 1.45 bits per heavy atom. The van der Waals surface area contributed by atoms with E-state index < -0.39 is 26.0 Å². The summed E-state index contributed by atoms with van der Waals surface area (Å²) < 4.78 is 53.3. The summed E-state index contributed by atoms with van der Waals surface area (Å²) in [5.74, 6) is -0.459. The molecule has 168 valence electrons. The summed E-state index contributed by atoms with van der Waals surface area (Å²) in [6.07, 6.45) is 1.71. The number of nitrogens with zero attached hydrogens (tertiary/aromatic N) is 1. The molecule has 1 aliphatic carbocycles. The first-order chi connectivity index (χ1) is 14.7. The molecule has 2 aromatic rings. The molecule has 11 heteroatoms. The van der Waals surface area contributed by atoms with Crippen LogP contribution in [0.2, 0.25) is 0 Å². The van der Waals surface area contributed by atoms with Crippen molar-refractivity contribution in [2.75, 3.05) is 18.5 Å². The second-order valence-corrected chi connectivity index (χ2v) is 10.8. The summed E-state index contributed by atoms with van der Waals surface area (Å²) in [6.45, 7) is 4.25. The molecule has 3 N–H and O–H groups in total. The first-order valence-corrected chi connectivity index (χ1v) is 12.9. The first-order valence-electron chi connectivity index (χ1n) is 9.96. The third-order valence-electron chi connectivity index (χ3n) is 4.84. The van der Waals surface area contributed by atoms with E-state index in [4.69, 9.17) is 0 Å². The van der Waals surface area contributed by atoms with Crippen LogP contribution in [0.1, 0.15) is 37.0 Å². The normalized spacial score (nSPS) is 14.4. The molecular weight excluding hydrogens is 440 g/mol. The van der Waals surface area contributed by atoms with Crippen LogP contribution in [-0.4, -0.2) is 46.2 Å². The number of hydrogen-bond acceptors (Lipinski definition) is 6. The standard InChI is InChI=1S/C20H26N4O5S2/c1-3-24(4-2)31(28,29)19-11-5-15(6-12-19)20(25)22-21-16-9-13-18(14-10-16)30(26,27)23-17-7-8-17/h5-6,9-14,17,21,23H,3-4,7-8H2,1-2H3,(H,22,25). The number of amides is 1. The molecule has 1 amide bonds. The monoisotopic (exact) mass is 466 g/mol. The van der Waals surface area contributed by atoms with Crippen molar-refractivity contribution in [3.05, 3.63) is 54.1 Å². The molecule has 0 saturated heterocycles. The molecule has 3 rings (SSSR count). The summed E-state index contributed by atoms with van der Waals surface area (Å²) in [7, 11) is -7.12. The summed E-state index contributed by atoms with van der Waals surface area (Å²) in [4.78, 5) is 12.6. The maximum atomic E-state index is 12.5. The Morgan fingerprint density at radius 3 is 1.97 bits per heavy atom. The second kappa shape index (κ2) is 9.35. The van der Waals surface area contributed by atoms with E-state index in [-0.39, 0.29) is 21.4 Å². The molecule has 0 atom stereocenters. The van der Waals surface area contributed by atoms with E-state index in [1.54, 1.807) is 26.0 Å². The van der Waals surface area contributed by atoms with Crippen molar-refractivity contribution in [3.63, 3.8) is 0 Å². The number of sulfonamides is 2. The molecule has 0 aliphatic heterocycles. The van der Waals surface area contributed by atoms with E-state index in [1.807, 2.05) is 0 Å². The van der Waals surface area contributed by atoms with Crippen LogP contribution in [0.4, 0.5) is 5.69 Å². The van der Waals surface area contributed by atoms with E-state index >= 15 is 0 Å². The van der Waals surface area contributed by atoms with Crippen molar-refractivity contribution in [1.82, 2.24) is 14.5 Å². The fourth-order valence-corrected chi connectivity index (χ4v) is 5.66. The van der Waals surface area contributed by atoms with Crippen molar-refractivity contribution >= 4 is 31.6 Å². The molecule has 1 fully saturated rings. The predicted molar refractivity (Wildman–Crippen MR) is 117 cm³/mol. The van der Waals surface area contributed by atoms with Gasteiger partial charge in [0.25, 0.3) is 5.91 Å². The highest BCUT2D eigenvalue weighted by Gasteiger charge is 2.27. The average molecular weight is 467 g/mol. The van der Waals surface area contributed by atoms with Crippen molar-refractivity contribution in [2.24, 2.45) is 0 Å². The molecule has 0 unspecified atom stereocenters. The Morgan fingerprint density at radius 1 is 0.903 bits per heavy atom. The molecule has 2 aromatic carbocycles. The van der Waals surface area contributed by atoms with E-state index in [2.05, 4.69) is 15.6 Å². The van der Waals surface area contributed by atoms with E-state index in [0.29, 0.717) is 18.8 Å². The number of hydrazine groups is 1. The summed E-state index contributed by atoms with van der Waals surface area (Å²) >= 11 is 0. The number of carbonyl (C=O) groups is 1. The van der Waals surface area contributed by atoms with Gasteiger partial charge in [0, 0.05) is 24.7 Å². The maximum absolute atomic E-state index is 12.5. The lowest BCUT2D eigenvalue weighted by Crippen LogP contribution is -2.31. The second-order valence-electron chi connectivity index (χ2n) is 7.11. The number of hydrogen-bond donors (Lipinski definition) is 3. The van der Waals surface area contributed by atoms with E-state index in [1.165, 1.54) is 40.7 Å². The minimum atomic E-state index is -3.59. The molecule has 0 heterocycles. The summed E-state index contributed by atoms with van der Waals surface area (Å²) in [5, 5.41) is 0. The Hall–Kier alpha value is -2.47. The van der Waals surface area contributed by atoms with Crippen molar-refractivity contribution < 1.29 is 21.6 Å². The van der Waals surface area contributed by atoms with Crippen LogP contribution in [0.3, 0.4) is 0 Å². The van der Waals surface area contributed by atoms with Crippen LogP contribution >= 0.6 is 0 Å².